The van der Waals surface area contributed by atoms with Gasteiger partial charge in [-0.25, -0.2) is 4.79 Å². The van der Waals surface area contributed by atoms with Gasteiger partial charge in [0.05, 0.1) is 5.92 Å². The molecule has 6 nitrogen and oxygen atoms in total. The molecule has 0 aromatic heterocycles. The summed E-state index contributed by atoms with van der Waals surface area (Å²) in [5.74, 6) is -3.51. The highest BCUT2D eigenvalue weighted by molar-refractivity contribution is 5.90. The maximum Gasteiger partial charge on any atom is 0.326 e. The van der Waals surface area contributed by atoms with Crippen LogP contribution in [0, 0.1) is 0 Å². The van der Waals surface area contributed by atoms with E-state index in [0.717, 1.165) is 11.1 Å². The van der Waals surface area contributed by atoms with Crippen molar-refractivity contribution in [2.45, 2.75) is 24.8 Å². The quantitative estimate of drug-likeness (QED) is 0.683. The van der Waals surface area contributed by atoms with Crippen LogP contribution in [0.15, 0.2) is 60.7 Å². The van der Waals surface area contributed by atoms with Gasteiger partial charge in [0.2, 0.25) is 5.91 Å². The summed E-state index contributed by atoms with van der Waals surface area (Å²) in [6.45, 7) is 0. The molecule has 6 heteroatoms. The van der Waals surface area contributed by atoms with Crippen LogP contribution >= 0.6 is 0 Å². The van der Waals surface area contributed by atoms with Gasteiger partial charge in [-0.15, -0.1) is 0 Å². The minimum absolute atomic E-state index is 0.174. The molecule has 0 unspecified atom stereocenters. The van der Waals surface area contributed by atoms with Crippen LogP contribution < -0.4 is 5.32 Å². The van der Waals surface area contributed by atoms with Crippen molar-refractivity contribution in [3.8, 4) is 0 Å². The van der Waals surface area contributed by atoms with Gasteiger partial charge in [-0.3, -0.25) is 9.59 Å². The van der Waals surface area contributed by atoms with Gasteiger partial charge < -0.3 is 15.5 Å². The second kappa shape index (κ2) is 8.63. The highest BCUT2D eigenvalue weighted by Gasteiger charge is 2.27. The van der Waals surface area contributed by atoms with Gasteiger partial charge in [0.25, 0.3) is 0 Å². The average molecular weight is 341 g/mol. The summed E-state index contributed by atoms with van der Waals surface area (Å²) < 4.78 is 0. The lowest BCUT2D eigenvalue weighted by molar-refractivity contribution is -0.143. The van der Waals surface area contributed by atoms with Gasteiger partial charge in [-0.2, -0.15) is 0 Å². The Bertz CT molecular complexity index is 690. The number of carbonyl (C=O) groups excluding carboxylic acids is 1. The lowest BCUT2D eigenvalue weighted by Crippen LogP contribution is -2.43. The number of benzene rings is 2. The Labute approximate surface area is 145 Å². The van der Waals surface area contributed by atoms with Crippen molar-refractivity contribution in [3.63, 3.8) is 0 Å². The Balaban J connectivity index is 2.26. The smallest absolute Gasteiger partial charge is 0.326 e. The zero-order valence-electron chi connectivity index (χ0n) is 13.5. The molecular formula is C19H19NO5. The van der Waals surface area contributed by atoms with Gasteiger partial charge in [0, 0.05) is 6.42 Å². The minimum Gasteiger partial charge on any atom is -0.481 e. The zero-order valence-corrected chi connectivity index (χ0v) is 13.5. The van der Waals surface area contributed by atoms with Crippen molar-refractivity contribution in [1.29, 1.82) is 0 Å². The molecule has 25 heavy (non-hydrogen) atoms. The Hall–Kier alpha value is -3.15. The number of hydrogen-bond acceptors (Lipinski definition) is 3. The summed E-state index contributed by atoms with van der Waals surface area (Å²) >= 11 is 0. The normalized spacial score (nSPS) is 11.7. The zero-order chi connectivity index (χ0) is 18.2. The number of aliphatic carboxylic acids is 2. The summed E-state index contributed by atoms with van der Waals surface area (Å²) in [6.07, 6.45) is -0.509. The molecule has 0 fully saturated rings. The third-order valence-corrected chi connectivity index (χ3v) is 3.79. The Morgan fingerprint density at radius 2 is 1.32 bits per heavy atom. The Kier molecular flexibility index (Phi) is 6.28. The largest absolute Gasteiger partial charge is 0.481 e. The van der Waals surface area contributed by atoms with E-state index in [1.807, 2.05) is 12.1 Å². The highest BCUT2D eigenvalue weighted by Crippen LogP contribution is 2.25. The molecule has 0 aliphatic rings. The summed E-state index contributed by atoms with van der Waals surface area (Å²) in [7, 11) is 0. The third-order valence-electron chi connectivity index (χ3n) is 3.79. The van der Waals surface area contributed by atoms with Crippen molar-refractivity contribution in [2.24, 2.45) is 0 Å². The first-order chi connectivity index (χ1) is 12.0. The van der Waals surface area contributed by atoms with Crippen LogP contribution in [0.1, 0.15) is 29.9 Å². The Morgan fingerprint density at radius 3 is 1.72 bits per heavy atom. The first-order valence-electron chi connectivity index (χ1n) is 7.84. The first kappa shape index (κ1) is 18.2. The van der Waals surface area contributed by atoms with Crippen molar-refractivity contribution in [3.05, 3.63) is 71.8 Å². The topological polar surface area (TPSA) is 104 Å². The van der Waals surface area contributed by atoms with E-state index in [9.17, 15) is 19.5 Å². The highest BCUT2D eigenvalue weighted by atomic mass is 16.4. The van der Waals surface area contributed by atoms with Gasteiger partial charge in [0.1, 0.15) is 6.04 Å². The predicted octanol–water partition coefficient (Wildman–Crippen LogP) is 2.25. The summed E-state index contributed by atoms with van der Waals surface area (Å²) in [5, 5.41) is 20.5. The Morgan fingerprint density at radius 1 is 0.840 bits per heavy atom. The van der Waals surface area contributed by atoms with Gasteiger partial charge in [-0.05, 0) is 17.5 Å². The fourth-order valence-corrected chi connectivity index (χ4v) is 2.57. The molecule has 0 heterocycles. The average Bonchev–Trinajstić information content (AvgIpc) is 2.60. The molecule has 0 aliphatic carbocycles. The second-order valence-corrected chi connectivity index (χ2v) is 5.59. The molecule has 130 valence electrons. The predicted molar refractivity (Wildman–Crippen MR) is 91.2 cm³/mol. The maximum atomic E-state index is 12.8. The molecule has 1 amide bonds. The molecule has 1 atom stereocenters. The lowest BCUT2D eigenvalue weighted by Gasteiger charge is -2.21. The SMILES string of the molecule is O=C(O)CC[C@H](NC(=O)C(c1ccccc1)c1ccccc1)C(=O)O. The molecule has 0 saturated heterocycles. The van der Waals surface area contributed by atoms with Crippen molar-refractivity contribution in [1.82, 2.24) is 5.32 Å². The van der Waals surface area contributed by atoms with Crippen molar-refractivity contribution < 1.29 is 24.6 Å². The van der Waals surface area contributed by atoms with E-state index in [1.165, 1.54) is 0 Å². The molecule has 0 spiro atoms. The van der Waals surface area contributed by atoms with E-state index in [4.69, 9.17) is 5.11 Å². The fraction of sp³-hybridized carbons (Fsp3) is 0.211. The maximum absolute atomic E-state index is 12.8. The first-order valence-corrected chi connectivity index (χ1v) is 7.84. The van der Waals surface area contributed by atoms with Crippen LogP contribution in [0.25, 0.3) is 0 Å². The van der Waals surface area contributed by atoms with Crippen LogP contribution in [0.2, 0.25) is 0 Å². The molecule has 3 N–H and O–H groups in total. The van der Waals surface area contributed by atoms with Crippen molar-refractivity contribution in [2.75, 3.05) is 0 Å². The number of nitrogens with one attached hydrogen (secondary N) is 1. The van der Waals surface area contributed by atoms with E-state index in [1.54, 1.807) is 48.5 Å². The molecule has 0 aliphatic heterocycles. The van der Waals surface area contributed by atoms with E-state index >= 15 is 0 Å². The fourth-order valence-electron chi connectivity index (χ4n) is 2.57. The summed E-state index contributed by atoms with van der Waals surface area (Å²) in [6, 6.07) is 16.8. The number of rotatable bonds is 8. The van der Waals surface area contributed by atoms with Crippen LogP contribution in [0.5, 0.6) is 0 Å². The van der Waals surface area contributed by atoms with E-state index in [2.05, 4.69) is 5.32 Å². The second-order valence-electron chi connectivity index (χ2n) is 5.59. The number of amides is 1. The molecule has 2 aromatic rings. The summed E-state index contributed by atoms with van der Waals surface area (Å²) in [5.41, 5.74) is 1.46. The van der Waals surface area contributed by atoms with Crippen LogP contribution in [0.3, 0.4) is 0 Å². The van der Waals surface area contributed by atoms with E-state index in [-0.39, 0.29) is 12.8 Å². The van der Waals surface area contributed by atoms with Gasteiger partial charge >= 0.3 is 11.9 Å². The monoisotopic (exact) mass is 341 g/mol. The number of carbonyl (C=O) groups is 3. The molecule has 0 bridgehead atoms. The minimum atomic E-state index is -1.26. The molecule has 0 radical (unpaired) electrons. The molecule has 2 aromatic carbocycles. The number of carboxylic acid groups (broad SMARTS) is 2. The van der Waals surface area contributed by atoms with Gasteiger partial charge in [-0.1, -0.05) is 60.7 Å². The third kappa shape index (κ3) is 5.17. The van der Waals surface area contributed by atoms with E-state index in [0.29, 0.717) is 0 Å². The summed E-state index contributed by atoms with van der Waals surface area (Å²) in [4.78, 5) is 34.8. The molecule has 2 rings (SSSR count). The van der Waals surface area contributed by atoms with Crippen LogP contribution in [-0.4, -0.2) is 34.1 Å². The number of hydrogen-bond donors (Lipinski definition) is 3. The number of carboxylic acids is 2. The van der Waals surface area contributed by atoms with Gasteiger partial charge in [0.15, 0.2) is 0 Å². The van der Waals surface area contributed by atoms with Crippen LogP contribution in [0.4, 0.5) is 0 Å². The standard InChI is InChI=1S/C19H19NO5/c21-16(22)12-11-15(19(24)25)20-18(23)17(13-7-3-1-4-8-13)14-9-5-2-6-10-14/h1-10,15,17H,11-12H2,(H,20,23)(H,21,22)(H,24,25)/t15-/m0/s1. The lowest BCUT2D eigenvalue weighted by atomic mass is 9.90. The van der Waals surface area contributed by atoms with Crippen molar-refractivity contribution >= 4 is 17.8 Å². The molecular weight excluding hydrogens is 322 g/mol. The molecule has 0 saturated carbocycles. The van der Waals surface area contributed by atoms with Crippen LogP contribution in [-0.2, 0) is 14.4 Å². The van der Waals surface area contributed by atoms with E-state index < -0.39 is 29.8 Å².